The molecule has 1 aliphatic heterocycles. The van der Waals surface area contributed by atoms with E-state index in [0.717, 1.165) is 24.3 Å². The minimum atomic E-state index is -0.350. The normalized spacial score (nSPS) is 18.4. The van der Waals surface area contributed by atoms with Crippen LogP contribution in [0.4, 0.5) is 0 Å². The van der Waals surface area contributed by atoms with Crippen molar-refractivity contribution in [2.24, 2.45) is 5.92 Å². The van der Waals surface area contributed by atoms with Gasteiger partial charge < -0.3 is 9.47 Å². The lowest BCUT2D eigenvalue weighted by atomic mass is 9.90. The minimum Gasteiger partial charge on any atom is -0.491 e. The van der Waals surface area contributed by atoms with Crippen molar-refractivity contribution in [3.8, 4) is 5.75 Å². The number of benzene rings is 1. The van der Waals surface area contributed by atoms with Crippen molar-refractivity contribution in [2.45, 2.75) is 58.5 Å². The minimum absolute atomic E-state index is 0.194. The van der Waals surface area contributed by atoms with E-state index >= 15 is 0 Å². The second kappa shape index (κ2) is 8.48. The molecule has 1 aromatic carbocycles. The van der Waals surface area contributed by atoms with Crippen molar-refractivity contribution in [1.82, 2.24) is 5.32 Å². The number of carbonyl (C=O) groups excluding carboxylic acids is 2. The lowest BCUT2D eigenvalue weighted by Gasteiger charge is -2.26. The van der Waals surface area contributed by atoms with Crippen LogP contribution in [0.3, 0.4) is 0 Å². The summed E-state index contributed by atoms with van der Waals surface area (Å²) in [5, 5.41) is 2.39. The molecule has 2 amide bonds. The number of hydrogen-bond donors (Lipinski definition) is 1. The second-order valence-corrected chi connectivity index (χ2v) is 7.65. The molecule has 1 aromatic rings. The van der Waals surface area contributed by atoms with E-state index in [1.807, 2.05) is 38.1 Å². The number of hydrogen-bond acceptors (Lipinski definition) is 4. The van der Waals surface area contributed by atoms with Gasteiger partial charge in [0.1, 0.15) is 12.4 Å². The monoisotopic (exact) mass is 347 g/mol. The molecule has 2 rings (SSSR count). The largest absolute Gasteiger partial charge is 0.491 e. The zero-order valence-electron chi connectivity index (χ0n) is 15.6. The molecule has 1 atom stereocenters. The number of imide groups is 1. The van der Waals surface area contributed by atoms with Crippen LogP contribution in [0, 0.1) is 5.92 Å². The molecule has 1 aliphatic rings. The molecular weight excluding hydrogens is 318 g/mol. The Morgan fingerprint density at radius 2 is 1.88 bits per heavy atom. The van der Waals surface area contributed by atoms with Gasteiger partial charge in [-0.15, -0.1) is 0 Å². The Bertz CT molecular complexity index is 592. The van der Waals surface area contributed by atoms with Crippen molar-refractivity contribution < 1.29 is 19.1 Å². The van der Waals surface area contributed by atoms with Gasteiger partial charge >= 0.3 is 0 Å². The Balaban J connectivity index is 1.85. The molecule has 1 saturated heterocycles. The summed E-state index contributed by atoms with van der Waals surface area (Å²) in [5.74, 6) is 0.696. The average molecular weight is 347 g/mol. The third kappa shape index (κ3) is 6.16. The van der Waals surface area contributed by atoms with Crippen LogP contribution in [0.25, 0.3) is 0 Å². The van der Waals surface area contributed by atoms with Crippen LogP contribution in [0.5, 0.6) is 5.75 Å². The molecule has 138 valence electrons. The fourth-order valence-corrected chi connectivity index (χ4v) is 2.68. The highest BCUT2D eigenvalue weighted by atomic mass is 16.5. The van der Waals surface area contributed by atoms with Crippen molar-refractivity contribution in [3.63, 3.8) is 0 Å². The quantitative estimate of drug-likeness (QED) is 0.732. The third-order valence-electron chi connectivity index (χ3n) is 4.30. The summed E-state index contributed by atoms with van der Waals surface area (Å²) in [7, 11) is 0. The van der Waals surface area contributed by atoms with E-state index in [0.29, 0.717) is 25.4 Å². The van der Waals surface area contributed by atoms with Crippen molar-refractivity contribution in [2.75, 3.05) is 13.2 Å². The number of amides is 2. The first-order valence-corrected chi connectivity index (χ1v) is 8.97. The summed E-state index contributed by atoms with van der Waals surface area (Å²) in [6, 6.07) is 7.51. The predicted molar refractivity (Wildman–Crippen MR) is 96.5 cm³/mol. The Kier molecular flexibility index (Phi) is 6.59. The summed E-state index contributed by atoms with van der Waals surface area (Å²) in [6.45, 7) is 9.58. The van der Waals surface area contributed by atoms with Crippen molar-refractivity contribution >= 4 is 11.8 Å². The number of rotatable bonds is 8. The first-order chi connectivity index (χ1) is 11.8. The lowest BCUT2D eigenvalue weighted by Crippen LogP contribution is -2.39. The molecule has 0 spiro atoms. The third-order valence-corrected chi connectivity index (χ3v) is 4.30. The van der Waals surface area contributed by atoms with Gasteiger partial charge in [0.2, 0.25) is 11.8 Å². The molecule has 25 heavy (non-hydrogen) atoms. The molecule has 0 aromatic heterocycles. The van der Waals surface area contributed by atoms with E-state index in [1.54, 1.807) is 0 Å². The standard InChI is InChI=1S/C20H29NO4/c1-14(2)11-12-25-20(3,4)13-24-16-7-5-15(6-8-16)17-9-10-18(22)21-19(17)23/h5-8,14,17H,9-13H2,1-4H3,(H,21,22,23). The zero-order chi connectivity index (χ0) is 18.4. The Labute approximate surface area is 150 Å². The molecule has 0 aliphatic carbocycles. The molecule has 1 fully saturated rings. The number of carbonyl (C=O) groups is 2. The summed E-state index contributed by atoms with van der Waals surface area (Å²) in [4.78, 5) is 23.1. The highest BCUT2D eigenvalue weighted by Gasteiger charge is 2.27. The van der Waals surface area contributed by atoms with Gasteiger partial charge in [-0.25, -0.2) is 0 Å². The first kappa shape index (κ1) is 19.4. The molecule has 0 bridgehead atoms. The fraction of sp³-hybridized carbons (Fsp3) is 0.600. The summed E-state index contributed by atoms with van der Waals surface area (Å²) in [6.07, 6.45) is 1.97. The number of piperidine rings is 1. The van der Waals surface area contributed by atoms with Crippen LogP contribution in [0.15, 0.2) is 24.3 Å². The van der Waals surface area contributed by atoms with E-state index in [9.17, 15) is 9.59 Å². The number of nitrogens with one attached hydrogen (secondary N) is 1. The van der Waals surface area contributed by atoms with Crippen LogP contribution in [0.1, 0.15) is 58.4 Å². The first-order valence-electron chi connectivity index (χ1n) is 8.97. The van der Waals surface area contributed by atoms with Gasteiger partial charge in [0.15, 0.2) is 0 Å². The average Bonchev–Trinajstić information content (AvgIpc) is 2.53. The highest BCUT2D eigenvalue weighted by molar-refractivity contribution is 6.00. The van der Waals surface area contributed by atoms with E-state index < -0.39 is 0 Å². The van der Waals surface area contributed by atoms with Gasteiger partial charge in [-0.3, -0.25) is 14.9 Å². The summed E-state index contributed by atoms with van der Waals surface area (Å²) in [5.41, 5.74) is 0.557. The Morgan fingerprint density at radius 1 is 1.20 bits per heavy atom. The maximum Gasteiger partial charge on any atom is 0.234 e. The van der Waals surface area contributed by atoms with Crippen LogP contribution >= 0.6 is 0 Å². The Hall–Kier alpha value is -1.88. The molecule has 1 heterocycles. The molecule has 1 unspecified atom stereocenters. The Morgan fingerprint density at radius 3 is 2.48 bits per heavy atom. The maximum atomic E-state index is 11.9. The van der Waals surface area contributed by atoms with Crippen molar-refractivity contribution in [1.29, 1.82) is 0 Å². The SMILES string of the molecule is CC(C)CCOC(C)(C)COc1ccc(C2CCC(=O)NC2=O)cc1. The number of ether oxygens (including phenoxy) is 2. The van der Waals surface area contributed by atoms with E-state index in [1.165, 1.54) is 0 Å². The lowest BCUT2D eigenvalue weighted by molar-refractivity contribution is -0.134. The van der Waals surface area contributed by atoms with Gasteiger partial charge in [0.05, 0.1) is 11.5 Å². The molecular formula is C20H29NO4. The van der Waals surface area contributed by atoms with Crippen LogP contribution in [-0.2, 0) is 14.3 Å². The fourth-order valence-electron chi connectivity index (χ4n) is 2.68. The predicted octanol–water partition coefficient (Wildman–Crippen LogP) is 3.43. The zero-order valence-corrected chi connectivity index (χ0v) is 15.6. The topological polar surface area (TPSA) is 64.6 Å². The van der Waals surface area contributed by atoms with Gasteiger partial charge in [-0.2, -0.15) is 0 Å². The highest BCUT2D eigenvalue weighted by Crippen LogP contribution is 2.26. The van der Waals surface area contributed by atoms with Crippen molar-refractivity contribution in [3.05, 3.63) is 29.8 Å². The second-order valence-electron chi connectivity index (χ2n) is 7.65. The van der Waals surface area contributed by atoms with Crippen LogP contribution in [0.2, 0.25) is 0 Å². The molecule has 1 N–H and O–H groups in total. The van der Waals surface area contributed by atoms with Gasteiger partial charge in [-0.1, -0.05) is 26.0 Å². The van der Waals surface area contributed by atoms with E-state index in [4.69, 9.17) is 9.47 Å². The van der Waals surface area contributed by atoms with Gasteiger partial charge in [0.25, 0.3) is 0 Å². The van der Waals surface area contributed by atoms with Gasteiger partial charge in [0, 0.05) is 13.0 Å². The molecule has 5 nitrogen and oxygen atoms in total. The summed E-state index contributed by atoms with van der Waals surface area (Å²) < 4.78 is 11.7. The molecule has 0 radical (unpaired) electrons. The van der Waals surface area contributed by atoms with Crippen LogP contribution in [-0.4, -0.2) is 30.6 Å². The van der Waals surface area contributed by atoms with Gasteiger partial charge in [-0.05, 0) is 50.3 Å². The molecule has 5 heteroatoms. The molecule has 0 saturated carbocycles. The van der Waals surface area contributed by atoms with E-state index in [-0.39, 0.29) is 23.3 Å². The van der Waals surface area contributed by atoms with Crippen LogP contribution < -0.4 is 10.1 Å². The maximum absolute atomic E-state index is 11.9. The smallest absolute Gasteiger partial charge is 0.234 e. The summed E-state index contributed by atoms with van der Waals surface area (Å²) >= 11 is 0. The van der Waals surface area contributed by atoms with E-state index in [2.05, 4.69) is 19.2 Å².